The summed E-state index contributed by atoms with van der Waals surface area (Å²) in [5, 5.41) is 5.17. The van der Waals surface area contributed by atoms with Gasteiger partial charge in [-0.1, -0.05) is 17.7 Å². The largest absolute Gasteiger partial charge is 0.279 e. The first kappa shape index (κ1) is 14.9. The van der Waals surface area contributed by atoms with Gasteiger partial charge in [0.15, 0.2) is 5.65 Å². The van der Waals surface area contributed by atoms with E-state index >= 15 is 0 Å². The smallest absolute Gasteiger partial charge is 0.163 e. The van der Waals surface area contributed by atoms with Crippen LogP contribution in [0.25, 0.3) is 16.9 Å². The molecule has 0 aliphatic heterocycles. The summed E-state index contributed by atoms with van der Waals surface area (Å²) >= 11 is 15.9. The third kappa shape index (κ3) is 2.28. The number of rotatable bonds is 3. The molecule has 1 aromatic carbocycles. The molecule has 0 saturated carbocycles. The maximum absolute atomic E-state index is 6.22. The fourth-order valence-electron chi connectivity index (χ4n) is 2.44. The van der Waals surface area contributed by atoms with Crippen LogP contribution in [0.4, 0.5) is 0 Å². The second kappa shape index (κ2) is 5.63. The van der Waals surface area contributed by atoms with Gasteiger partial charge in [0.1, 0.15) is 11.3 Å². The van der Waals surface area contributed by atoms with Gasteiger partial charge in [-0.2, -0.15) is 5.10 Å². The first-order valence-corrected chi connectivity index (χ1v) is 8.24. The number of benzene rings is 1. The molecule has 110 valence electrons. The molecule has 0 spiro atoms. The number of alkyl halides is 1. The predicted molar refractivity (Wildman–Crippen MR) is 89.5 cm³/mol. The average Bonchev–Trinajstić information content (AvgIpc) is 3.00. The second-order valence-electron chi connectivity index (χ2n) is 4.64. The van der Waals surface area contributed by atoms with E-state index in [-0.39, 0.29) is 0 Å². The molecular weight excluding hydrogens is 375 g/mol. The molecule has 0 bridgehead atoms. The highest BCUT2D eigenvalue weighted by Gasteiger charge is 2.20. The first-order valence-electron chi connectivity index (χ1n) is 6.53. The van der Waals surface area contributed by atoms with Crippen LogP contribution < -0.4 is 0 Å². The summed E-state index contributed by atoms with van der Waals surface area (Å²) in [5.74, 6) is 1.09. The van der Waals surface area contributed by atoms with E-state index in [1.807, 2.05) is 34.4 Å². The molecule has 0 amide bonds. The van der Waals surface area contributed by atoms with Crippen molar-refractivity contribution in [3.63, 3.8) is 0 Å². The molecule has 0 N–H and O–H groups in total. The Morgan fingerprint density at radius 2 is 2.10 bits per heavy atom. The Morgan fingerprint density at radius 3 is 2.76 bits per heavy atom. The van der Waals surface area contributed by atoms with Crippen molar-refractivity contribution in [1.82, 2.24) is 19.3 Å². The summed E-state index contributed by atoms with van der Waals surface area (Å²) in [6, 6.07) is 5.73. The molecule has 0 saturated heterocycles. The molecule has 0 aliphatic carbocycles. The minimum absolute atomic E-state index is 0.316. The maximum atomic E-state index is 6.22. The topological polar surface area (TPSA) is 35.6 Å². The predicted octanol–water partition coefficient (Wildman–Crippen LogP) is 4.71. The third-order valence-corrected chi connectivity index (χ3v) is 4.99. The quantitative estimate of drug-likeness (QED) is 0.610. The van der Waals surface area contributed by atoms with E-state index < -0.39 is 0 Å². The highest BCUT2D eigenvalue weighted by molar-refractivity contribution is 9.10. The lowest BCUT2D eigenvalue weighted by atomic mass is 10.3. The summed E-state index contributed by atoms with van der Waals surface area (Å²) in [5.41, 5.74) is 3.62. The molecule has 21 heavy (non-hydrogen) atoms. The molecule has 0 radical (unpaired) electrons. The van der Waals surface area contributed by atoms with Crippen molar-refractivity contribution in [1.29, 1.82) is 0 Å². The SMILES string of the molecule is CCn1nc(C)c2nc(CCl)n(-c3cccc(Cl)c3Br)c21. The first-order chi connectivity index (χ1) is 10.1. The van der Waals surface area contributed by atoms with E-state index in [0.717, 1.165) is 39.4 Å². The number of aromatic nitrogens is 4. The summed E-state index contributed by atoms with van der Waals surface area (Å²) in [6.45, 7) is 4.77. The lowest BCUT2D eigenvalue weighted by molar-refractivity contribution is 0.660. The van der Waals surface area contributed by atoms with Crippen molar-refractivity contribution in [3.05, 3.63) is 39.2 Å². The minimum atomic E-state index is 0.316. The van der Waals surface area contributed by atoms with Gasteiger partial charge in [-0.15, -0.1) is 11.6 Å². The van der Waals surface area contributed by atoms with Gasteiger partial charge in [0.25, 0.3) is 0 Å². The van der Waals surface area contributed by atoms with Crippen LogP contribution in [-0.4, -0.2) is 19.3 Å². The Morgan fingerprint density at radius 1 is 1.33 bits per heavy atom. The summed E-state index contributed by atoms with van der Waals surface area (Å²) in [6.07, 6.45) is 0. The van der Waals surface area contributed by atoms with E-state index in [1.54, 1.807) is 0 Å². The lowest BCUT2D eigenvalue weighted by Gasteiger charge is -2.12. The fourth-order valence-corrected chi connectivity index (χ4v) is 3.23. The van der Waals surface area contributed by atoms with Crippen LogP contribution in [0.2, 0.25) is 5.02 Å². The van der Waals surface area contributed by atoms with E-state index in [9.17, 15) is 0 Å². The lowest BCUT2D eigenvalue weighted by Crippen LogP contribution is -2.06. The standard InChI is InChI=1S/C14H13BrCl2N4/c1-3-20-14-13(8(2)19-20)18-11(7-16)21(14)10-6-4-5-9(17)12(10)15/h4-6H,3,7H2,1-2H3. The molecule has 3 rings (SSSR count). The zero-order valence-electron chi connectivity index (χ0n) is 11.6. The van der Waals surface area contributed by atoms with Crippen molar-refractivity contribution in [2.45, 2.75) is 26.3 Å². The number of hydrogen-bond acceptors (Lipinski definition) is 2. The number of nitrogens with zero attached hydrogens (tertiary/aromatic N) is 4. The van der Waals surface area contributed by atoms with Gasteiger partial charge in [0.2, 0.25) is 0 Å². The highest BCUT2D eigenvalue weighted by Crippen LogP contribution is 2.33. The number of fused-ring (bicyclic) bond motifs is 1. The van der Waals surface area contributed by atoms with Crippen molar-refractivity contribution in [3.8, 4) is 5.69 Å². The Balaban J connectivity index is 2.42. The zero-order valence-corrected chi connectivity index (χ0v) is 14.7. The van der Waals surface area contributed by atoms with Crippen molar-refractivity contribution in [2.75, 3.05) is 0 Å². The molecule has 0 fully saturated rings. The molecule has 3 aromatic rings. The second-order valence-corrected chi connectivity index (χ2v) is 6.11. The van der Waals surface area contributed by atoms with Crippen LogP contribution in [0.1, 0.15) is 18.4 Å². The highest BCUT2D eigenvalue weighted by atomic mass is 79.9. The van der Waals surface area contributed by atoms with Gasteiger partial charge in [0.05, 0.1) is 26.8 Å². The maximum Gasteiger partial charge on any atom is 0.163 e. The number of imidazole rings is 1. The van der Waals surface area contributed by atoms with Crippen LogP contribution in [0.3, 0.4) is 0 Å². The van der Waals surface area contributed by atoms with Crippen molar-refractivity contribution >= 4 is 50.3 Å². The van der Waals surface area contributed by atoms with Gasteiger partial charge in [-0.25, -0.2) is 9.67 Å². The van der Waals surface area contributed by atoms with Gasteiger partial charge in [0, 0.05) is 6.54 Å². The van der Waals surface area contributed by atoms with E-state index in [4.69, 9.17) is 23.2 Å². The Hall–Kier alpha value is -1.04. The fraction of sp³-hybridized carbons (Fsp3) is 0.286. The number of hydrogen-bond donors (Lipinski definition) is 0. The molecule has 7 heteroatoms. The van der Waals surface area contributed by atoms with Gasteiger partial charge >= 0.3 is 0 Å². The Bertz CT molecular complexity index is 822. The summed E-state index contributed by atoms with van der Waals surface area (Å²) in [7, 11) is 0. The van der Waals surface area contributed by atoms with E-state index in [2.05, 4.69) is 32.9 Å². The Labute approximate surface area is 140 Å². The molecule has 0 aliphatic rings. The average molecular weight is 388 g/mol. The molecular formula is C14H13BrCl2N4. The summed E-state index contributed by atoms with van der Waals surface area (Å²) in [4.78, 5) is 4.63. The Kier molecular flexibility index (Phi) is 3.99. The molecule has 0 atom stereocenters. The molecule has 2 heterocycles. The molecule has 0 unspecified atom stereocenters. The van der Waals surface area contributed by atoms with Gasteiger partial charge in [-0.3, -0.25) is 4.57 Å². The van der Waals surface area contributed by atoms with Crippen molar-refractivity contribution in [2.24, 2.45) is 0 Å². The minimum Gasteiger partial charge on any atom is -0.279 e. The van der Waals surface area contributed by atoms with E-state index in [1.165, 1.54) is 0 Å². The van der Waals surface area contributed by atoms with Crippen LogP contribution >= 0.6 is 39.1 Å². The van der Waals surface area contributed by atoms with Crippen molar-refractivity contribution < 1.29 is 0 Å². The van der Waals surface area contributed by atoms with E-state index in [0.29, 0.717) is 10.9 Å². The monoisotopic (exact) mass is 386 g/mol. The van der Waals surface area contributed by atoms with Gasteiger partial charge in [-0.05, 0) is 41.9 Å². The molecule has 4 nitrogen and oxygen atoms in total. The van der Waals surface area contributed by atoms with Crippen LogP contribution in [0.5, 0.6) is 0 Å². The number of aryl methyl sites for hydroxylation is 2. The number of halogens is 3. The van der Waals surface area contributed by atoms with Crippen LogP contribution in [0, 0.1) is 6.92 Å². The van der Waals surface area contributed by atoms with Crippen LogP contribution in [-0.2, 0) is 12.4 Å². The summed E-state index contributed by atoms with van der Waals surface area (Å²) < 4.78 is 4.77. The van der Waals surface area contributed by atoms with Crippen LogP contribution in [0.15, 0.2) is 22.7 Å². The normalized spacial score (nSPS) is 11.5. The van der Waals surface area contributed by atoms with Gasteiger partial charge < -0.3 is 0 Å². The zero-order chi connectivity index (χ0) is 15.1. The molecule has 2 aromatic heterocycles. The third-order valence-electron chi connectivity index (χ3n) is 3.37.